The van der Waals surface area contributed by atoms with Crippen molar-refractivity contribution >= 4 is 21.8 Å². The number of benzene rings is 1. The van der Waals surface area contributed by atoms with Gasteiger partial charge in [-0.05, 0) is 19.1 Å². The second-order valence-electron chi connectivity index (χ2n) is 5.30. The molecule has 1 aromatic rings. The maximum Gasteiger partial charge on any atom is 0.407 e. The highest BCUT2D eigenvalue weighted by molar-refractivity contribution is 7.89. The molecule has 1 aliphatic rings. The van der Waals surface area contributed by atoms with E-state index in [0.717, 1.165) is 0 Å². The first-order chi connectivity index (χ1) is 11.4. The Morgan fingerprint density at radius 1 is 1.25 bits per heavy atom. The van der Waals surface area contributed by atoms with Gasteiger partial charge in [0.05, 0.1) is 18.0 Å². The predicted octanol–water partition coefficient (Wildman–Crippen LogP) is 1.02. The Morgan fingerprint density at radius 2 is 1.92 bits per heavy atom. The monoisotopic (exact) mass is 359 g/mol. The SMILES string of the molecule is CCOC(=O)NCCS(=O)(=O)N1CCN(c2ccccc2F)CC1. The maximum absolute atomic E-state index is 13.8. The lowest BCUT2D eigenvalue weighted by Gasteiger charge is -2.35. The number of anilines is 1. The van der Waals surface area contributed by atoms with Gasteiger partial charge >= 0.3 is 6.09 Å². The van der Waals surface area contributed by atoms with E-state index in [2.05, 4.69) is 10.1 Å². The molecule has 0 spiro atoms. The molecule has 9 heteroatoms. The number of nitrogens with zero attached hydrogens (tertiary/aromatic N) is 2. The summed E-state index contributed by atoms with van der Waals surface area (Å²) in [6.07, 6.45) is -0.628. The maximum atomic E-state index is 13.8. The fourth-order valence-corrected chi connectivity index (χ4v) is 3.85. The van der Waals surface area contributed by atoms with Crippen LogP contribution >= 0.6 is 0 Å². The Kier molecular flexibility index (Phi) is 6.38. The van der Waals surface area contributed by atoms with Crippen LogP contribution in [0.5, 0.6) is 0 Å². The van der Waals surface area contributed by atoms with E-state index in [1.165, 1.54) is 10.4 Å². The number of halogens is 1. The summed E-state index contributed by atoms with van der Waals surface area (Å²) in [6, 6.07) is 6.45. The minimum atomic E-state index is -3.47. The van der Waals surface area contributed by atoms with E-state index in [0.29, 0.717) is 18.8 Å². The smallest absolute Gasteiger partial charge is 0.407 e. The van der Waals surface area contributed by atoms with Crippen LogP contribution in [0.25, 0.3) is 0 Å². The van der Waals surface area contributed by atoms with Crippen molar-refractivity contribution in [1.82, 2.24) is 9.62 Å². The van der Waals surface area contributed by atoms with Crippen LogP contribution in [-0.2, 0) is 14.8 Å². The van der Waals surface area contributed by atoms with Crippen molar-refractivity contribution in [2.75, 3.05) is 50.0 Å². The summed E-state index contributed by atoms with van der Waals surface area (Å²) >= 11 is 0. The van der Waals surface area contributed by atoms with Gasteiger partial charge in [-0.2, -0.15) is 4.31 Å². The molecule has 1 N–H and O–H groups in total. The molecule has 134 valence electrons. The van der Waals surface area contributed by atoms with Crippen LogP contribution in [-0.4, -0.2) is 63.9 Å². The van der Waals surface area contributed by atoms with E-state index < -0.39 is 16.1 Å². The van der Waals surface area contributed by atoms with Crippen LogP contribution in [0.15, 0.2) is 24.3 Å². The lowest BCUT2D eigenvalue weighted by Crippen LogP contribution is -2.50. The Bertz CT molecular complexity index is 660. The van der Waals surface area contributed by atoms with Crippen molar-refractivity contribution in [1.29, 1.82) is 0 Å². The third-order valence-corrected chi connectivity index (χ3v) is 5.60. The van der Waals surface area contributed by atoms with Gasteiger partial charge in [0.25, 0.3) is 0 Å². The van der Waals surface area contributed by atoms with E-state index in [4.69, 9.17) is 0 Å². The minimum absolute atomic E-state index is 0.00526. The van der Waals surface area contributed by atoms with Crippen LogP contribution in [0, 0.1) is 5.82 Å². The highest BCUT2D eigenvalue weighted by Gasteiger charge is 2.27. The largest absolute Gasteiger partial charge is 0.450 e. The molecule has 0 atom stereocenters. The summed E-state index contributed by atoms with van der Waals surface area (Å²) in [4.78, 5) is 13.0. The third-order valence-electron chi connectivity index (χ3n) is 3.73. The van der Waals surface area contributed by atoms with Crippen LogP contribution in [0.2, 0.25) is 0 Å². The molecule has 0 bridgehead atoms. The van der Waals surface area contributed by atoms with Gasteiger partial charge < -0.3 is 15.0 Å². The number of sulfonamides is 1. The summed E-state index contributed by atoms with van der Waals surface area (Å²) in [5.41, 5.74) is 0.485. The predicted molar refractivity (Wildman–Crippen MR) is 89.0 cm³/mol. The van der Waals surface area contributed by atoms with Crippen molar-refractivity contribution in [3.05, 3.63) is 30.1 Å². The molecule has 1 heterocycles. The number of hydrogen-bond acceptors (Lipinski definition) is 5. The van der Waals surface area contributed by atoms with Crippen LogP contribution in [0.3, 0.4) is 0 Å². The Labute approximate surface area is 141 Å². The topological polar surface area (TPSA) is 78.9 Å². The van der Waals surface area contributed by atoms with E-state index in [1.807, 2.05) is 4.90 Å². The zero-order valence-electron chi connectivity index (χ0n) is 13.6. The van der Waals surface area contributed by atoms with Gasteiger partial charge in [0.1, 0.15) is 5.82 Å². The van der Waals surface area contributed by atoms with E-state index in [9.17, 15) is 17.6 Å². The van der Waals surface area contributed by atoms with Gasteiger partial charge in [-0.15, -0.1) is 0 Å². The van der Waals surface area contributed by atoms with E-state index in [-0.39, 0.29) is 37.8 Å². The standard InChI is InChI=1S/C15H22FN3O4S/c1-2-23-15(20)17-7-12-24(21,22)19-10-8-18(9-11-19)14-6-4-3-5-13(14)16/h3-6H,2,7-12H2,1H3,(H,17,20). The fraction of sp³-hybridized carbons (Fsp3) is 0.533. The molecule has 1 amide bonds. The van der Waals surface area contributed by atoms with Gasteiger partial charge in [0.2, 0.25) is 10.0 Å². The molecule has 24 heavy (non-hydrogen) atoms. The number of ether oxygens (including phenoxy) is 1. The number of piperazine rings is 1. The molecule has 1 aliphatic heterocycles. The number of alkyl carbamates (subject to hydrolysis) is 1. The first kappa shape index (κ1) is 18.5. The molecular weight excluding hydrogens is 337 g/mol. The number of rotatable bonds is 6. The van der Waals surface area contributed by atoms with Crippen molar-refractivity contribution in [2.24, 2.45) is 0 Å². The van der Waals surface area contributed by atoms with Crippen LogP contribution < -0.4 is 10.2 Å². The Hall–Kier alpha value is -1.87. The van der Waals surface area contributed by atoms with Crippen LogP contribution in [0.4, 0.5) is 14.9 Å². The number of para-hydroxylation sites is 1. The lowest BCUT2D eigenvalue weighted by atomic mass is 10.2. The first-order valence-electron chi connectivity index (χ1n) is 7.82. The number of amides is 1. The molecule has 1 saturated heterocycles. The summed E-state index contributed by atoms with van der Waals surface area (Å²) in [5.74, 6) is -0.502. The number of carbonyl (C=O) groups is 1. The normalized spacial score (nSPS) is 16.0. The summed E-state index contributed by atoms with van der Waals surface area (Å²) < 4.78 is 44.4. The molecule has 1 aromatic carbocycles. The quantitative estimate of drug-likeness (QED) is 0.821. The number of carbonyl (C=O) groups excluding carboxylic acids is 1. The zero-order valence-corrected chi connectivity index (χ0v) is 14.4. The second kappa shape index (κ2) is 8.29. The van der Waals surface area contributed by atoms with Crippen molar-refractivity contribution < 1.29 is 22.3 Å². The average Bonchev–Trinajstić information content (AvgIpc) is 2.55. The highest BCUT2D eigenvalue weighted by Crippen LogP contribution is 2.20. The fourth-order valence-electron chi connectivity index (χ4n) is 2.51. The van der Waals surface area contributed by atoms with Gasteiger partial charge in [0, 0.05) is 32.7 Å². The van der Waals surface area contributed by atoms with Gasteiger partial charge in [-0.3, -0.25) is 0 Å². The van der Waals surface area contributed by atoms with Crippen LogP contribution in [0.1, 0.15) is 6.92 Å². The molecule has 2 rings (SSSR count). The molecule has 7 nitrogen and oxygen atoms in total. The molecule has 0 aliphatic carbocycles. The molecule has 1 fully saturated rings. The molecule has 0 aromatic heterocycles. The van der Waals surface area contributed by atoms with E-state index in [1.54, 1.807) is 25.1 Å². The van der Waals surface area contributed by atoms with Crippen molar-refractivity contribution in [2.45, 2.75) is 6.92 Å². The van der Waals surface area contributed by atoms with Crippen molar-refractivity contribution in [3.8, 4) is 0 Å². The molecule has 0 radical (unpaired) electrons. The Morgan fingerprint density at radius 3 is 2.54 bits per heavy atom. The zero-order chi connectivity index (χ0) is 17.6. The summed E-state index contributed by atoms with van der Waals surface area (Å²) in [7, 11) is -3.47. The van der Waals surface area contributed by atoms with E-state index >= 15 is 0 Å². The molecular formula is C15H22FN3O4S. The molecule has 0 saturated carbocycles. The summed E-state index contributed by atoms with van der Waals surface area (Å²) in [5, 5.41) is 2.39. The highest BCUT2D eigenvalue weighted by atomic mass is 32.2. The van der Waals surface area contributed by atoms with Gasteiger partial charge in [0.15, 0.2) is 0 Å². The van der Waals surface area contributed by atoms with Crippen molar-refractivity contribution in [3.63, 3.8) is 0 Å². The molecule has 0 unspecified atom stereocenters. The Balaban J connectivity index is 1.84. The van der Waals surface area contributed by atoms with Gasteiger partial charge in [-0.1, -0.05) is 12.1 Å². The average molecular weight is 359 g/mol. The van der Waals surface area contributed by atoms with Gasteiger partial charge in [-0.25, -0.2) is 17.6 Å². The number of hydrogen-bond donors (Lipinski definition) is 1. The lowest BCUT2D eigenvalue weighted by molar-refractivity contribution is 0.153. The minimum Gasteiger partial charge on any atom is -0.450 e. The number of nitrogens with one attached hydrogen (secondary N) is 1. The first-order valence-corrected chi connectivity index (χ1v) is 9.43. The third kappa shape index (κ3) is 4.81. The summed E-state index contributed by atoms with van der Waals surface area (Å²) in [6.45, 7) is 3.32. The second-order valence-corrected chi connectivity index (χ2v) is 7.39.